The van der Waals surface area contributed by atoms with E-state index in [0.717, 1.165) is 12.8 Å². The first-order valence-corrected chi connectivity index (χ1v) is 6.66. The lowest BCUT2D eigenvalue weighted by molar-refractivity contribution is 0.688. The first-order chi connectivity index (χ1) is 7.28. The second-order valence-corrected chi connectivity index (χ2v) is 5.03. The molecular weight excluding hydrogens is 204 g/mol. The van der Waals surface area contributed by atoms with Crippen LogP contribution in [0.25, 0.3) is 0 Å². The molecule has 2 rings (SSSR count). The summed E-state index contributed by atoms with van der Waals surface area (Å²) in [6.07, 6.45) is 5.55. The van der Waals surface area contributed by atoms with E-state index >= 15 is 0 Å². The van der Waals surface area contributed by atoms with Crippen LogP contribution >= 0.6 is 11.8 Å². The zero-order chi connectivity index (χ0) is 10.7. The molecule has 0 bridgehead atoms. The first-order valence-electron chi connectivity index (χ1n) is 5.44. The molecule has 0 amide bonds. The van der Waals surface area contributed by atoms with Gasteiger partial charge in [-0.25, -0.2) is 0 Å². The van der Waals surface area contributed by atoms with Crippen LogP contribution in [0.3, 0.4) is 0 Å². The van der Waals surface area contributed by atoms with E-state index in [1.165, 1.54) is 17.0 Å². The average molecular weight is 222 g/mol. The molecule has 1 aliphatic carbocycles. The molecule has 0 aromatic heterocycles. The summed E-state index contributed by atoms with van der Waals surface area (Å²) in [5.74, 6) is 0. The van der Waals surface area contributed by atoms with Crippen molar-refractivity contribution in [2.75, 3.05) is 11.6 Å². The highest BCUT2D eigenvalue weighted by Gasteiger charge is 2.21. The lowest BCUT2D eigenvalue weighted by Crippen LogP contribution is -2.20. The van der Waals surface area contributed by atoms with Crippen molar-refractivity contribution >= 4 is 17.4 Å². The zero-order valence-corrected chi connectivity index (χ0v) is 9.89. The maximum atomic E-state index is 5.89. The van der Waals surface area contributed by atoms with E-state index in [4.69, 9.17) is 5.73 Å². The number of nitrogens with one attached hydrogen (secondary N) is 1. The third-order valence-electron chi connectivity index (χ3n) is 2.91. The molecule has 1 aromatic carbocycles. The fraction of sp³-hybridized carbons (Fsp3) is 0.500. The summed E-state index contributed by atoms with van der Waals surface area (Å²) in [5, 5.41) is 3.55. The molecule has 1 aliphatic rings. The average Bonchev–Trinajstić information content (AvgIpc) is 2.64. The Kier molecular flexibility index (Phi) is 3.54. The van der Waals surface area contributed by atoms with Gasteiger partial charge in [0.05, 0.1) is 0 Å². The molecule has 2 atom stereocenters. The van der Waals surface area contributed by atoms with Crippen molar-refractivity contribution in [2.45, 2.75) is 36.2 Å². The molecule has 2 unspecified atom stereocenters. The highest BCUT2D eigenvalue weighted by atomic mass is 32.2. The Balaban J connectivity index is 1.98. The summed E-state index contributed by atoms with van der Waals surface area (Å²) in [7, 11) is 0. The van der Waals surface area contributed by atoms with Gasteiger partial charge in [0, 0.05) is 22.7 Å². The number of nitrogens with two attached hydrogens (primary N) is 1. The highest BCUT2D eigenvalue weighted by Crippen LogP contribution is 2.24. The summed E-state index contributed by atoms with van der Waals surface area (Å²) in [6, 6.07) is 9.53. The van der Waals surface area contributed by atoms with E-state index in [2.05, 4.69) is 35.8 Å². The summed E-state index contributed by atoms with van der Waals surface area (Å²) >= 11 is 1.78. The maximum absolute atomic E-state index is 5.89. The normalized spacial score (nSPS) is 25.5. The largest absolute Gasteiger partial charge is 0.382 e. The Morgan fingerprint density at radius 3 is 2.93 bits per heavy atom. The van der Waals surface area contributed by atoms with Gasteiger partial charge in [-0.1, -0.05) is 6.07 Å². The molecule has 1 saturated carbocycles. The van der Waals surface area contributed by atoms with E-state index < -0.39 is 0 Å². The van der Waals surface area contributed by atoms with E-state index in [1.54, 1.807) is 11.8 Å². The minimum atomic E-state index is 0.395. The van der Waals surface area contributed by atoms with E-state index in [1.807, 2.05) is 0 Å². The van der Waals surface area contributed by atoms with Crippen molar-refractivity contribution in [3.8, 4) is 0 Å². The third kappa shape index (κ3) is 2.89. The van der Waals surface area contributed by atoms with Crippen LogP contribution in [0, 0.1) is 0 Å². The summed E-state index contributed by atoms with van der Waals surface area (Å²) in [5.41, 5.74) is 7.11. The Hall–Kier alpha value is -0.670. The molecule has 0 spiro atoms. The lowest BCUT2D eigenvalue weighted by Gasteiger charge is -2.14. The van der Waals surface area contributed by atoms with Gasteiger partial charge >= 0.3 is 0 Å². The van der Waals surface area contributed by atoms with Gasteiger partial charge in [0.1, 0.15) is 0 Å². The van der Waals surface area contributed by atoms with Crippen LogP contribution in [0.4, 0.5) is 5.69 Å². The van der Waals surface area contributed by atoms with Crippen molar-refractivity contribution < 1.29 is 0 Å². The van der Waals surface area contributed by atoms with Crippen LogP contribution in [-0.4, -0.2) is 18.3 Å². The first kappa shape index (κ1) is 10.8. The number of benzene rings is 1. The van der Waals surface area contributed by atoms with E-state index in [9.17, 15) is 0 Å². The van der Waals surface area contributed by atoms with Gasteiger partial charge in [0.25, 0.3) is 0 Å². The number of anilines is 1. The van der Waals surface area contributed by atoms with Crippen LogP contribution in [0.5, 0.6) is 0 Å². The van der Waals surface area contributed by atoms with E-state index in [-0.39, 0.29) is 0 Å². The summed E-state index contributed by atoms with van der Waals surface area (Å²) in [6.45, 7) is 0. The predicted octanol–water partition coefficient (Wildman–Crippen LogP) is 2.70. The van der Waals surface area contributed by atoms with Gasteiger partial charge in [-0.3, -0.25) is 0 Å². The van der Waals surface area contributed by atoms with Crippen molar-refractivity contribution in [3.63, 3.8) is 0 Å². The minimum Gasteiger partial charge on any atom is -0.382 e. The zero-order valence-electron chi connectivity index (χ0n) is 9.07. The molecule has 15 heavy (non-hydrogen) atoms. The predicted molar refractivity (Wildman–Crippen MR) is 67.5 cm³/mol. The number of rotatable bonds is 3. The van der Waals surface area contributed by atoms with E-state index in [0.29, 0.717) is 12.1 Å². The Morgan fingerprint density at radius 2 is 2.27 bits per heavy atom. The second kappa shape index (κ2) is 4.90. The molecule has 0 aliphatic heterocycles. The minimum absolute atomic E-state index is 0.395. The Bertz CT molecular complexity index is 327. The Morgan fingerprint density at radius 1 is 1.40 bits per heavy atom. The Labute approximate surface area is 95.6 Å². The van der Waals surface area contributed by atoms with Crippen LogP contribution in [0.2, 0.25) is 0 Å². The number of hydrogen-bond donors (Lipinski definition) is 2. The lowest BCUT2D eigenvalue weighted by atomic mass is 10.2. The van der Waals surface area contributed by atoms with Gasteiger partial charge in [-0.2, -0.15) is 0 Å². The highest BCUT2D eigenvalue weighted by molar-refractivity contribution is 7.98. The fourth-order valence-electron chi connectivity index (χ4n) is 2.10. The topological polar surface area (TPSA) is 38.0 Å². The number of hydrogen-bond acceptors (Lipinski definition) is 3. The van der Waals surface area contributed by atoms with Crippen LogP contribution in [-0.2, 0) is 0 Å². The van der Waals surface area contributed by atoms with Gasteiger partial charge in [-0.15, -0.1) is 11.8 Å². The quantitative estimate of drug-likeness (QED) is 0.772. The summed E-state index contributed by atoms with van der Waals surface area (Å²) in [4.78, 5) is 1.31. The second-order valence-electron chi connectivity index (χ2n) is 4.15. The molecule has 82 valence electrons. The fourth-order valence-corrected chi connectivity index (χ4v) is 2.56. The summed E-state index contributed by atoms with van der Waals surface area (Å²) < 4.78 is 0. The van der Waals surface area contributed by atoms with Crippen molar-refractivity contribution in [1.29, 1.82) is 0 Å². The molecule has 1 fully saturated rings. The van der Waals surface area contributed by atoms with Gasteiger partial charge < -0.3 is 11.1 Å². The SMILES string of the molecule is CSc1cccc(NC2CCC(N)C2)c1. The molecule has 1 aromatic rings. The smallest absolute Gasteiger partial charge is 0.0353 e. The molecule has 0 heterocycles. The van der Waals surface area contributed by atoms with Crippen molar-refractivity contribution in [1.82, 2.24) is 0 Å². The molecule has 0 radical (unpaired) electrons. The van der Waals surface area contributed by atoms with Gasteiger partial charge in [0.15, 0.2) is 0 Å². The molecule has 2 nitrogen and oxygen atoms in total. The van der Waals surface area contributed by atoms with Crippen molar-refractivity contribution in [2.24, 2.45) is 5.73 Å². The maximum Gasteiger partial charge on any atom is 0.0353 e. The molecule has 0 saturated heterocycles. The number of thioether (sulfide) groups is 1. The van der Waals surface area contributed by atoms with Crippen LogP contribution < -0.4 is 11.1 Å². The molecule has 3 heteroatoms. The third-order valence-corrected chi connectivity index (χ3v) is 3.64. The van der Waals surface area contributed by atoms with Gasteiger partial charge in [0.2, 0.25) is 0 Å². The monoisotopic (exact) mass is 222 g/mol. The molecule has 3 N–H and O–H groups in total. The van der Waals surface area contributed by atoms with Crippen LogP contribution in [0.1, 0.15) is 19.3 Å². The van der Waals surface area contributed by atoms with Crippen LogP contribution in [0.15, 0.2) is 29.2 Å². The molecular formula is C12H18N2S. The standard InChI is InChI=1S/C12H18N2S/c1-15-12-4-2-3-10(8-12)14-11-6-5-9(13)7-11/h2-4,8-9,11,14H,5-7,13H2,1H3. The van der Waals surface area contributed by atoms with Crippen molar-refractivity contribution in [3.05, 3.63) is 24.3 Å². The van der Waals surface area contributed by atoms with Gasteiger partial charge in [-0.05, 0) is 43.7 Å².